The van der Waals surface area contributed by atoms with Crippen molar-refractivity contribution in [3.8, 4) is 0 Å². The number of nitrogens with one attached hydrogen (secondary N) is 2. The summed E-state index contributed by atoms with van der Waals surface area (Å²) in [6.07, 6.45) is 0. The maximum Gasteiger partial charge on any atom is 0.234 e. The molecule has 8 heteroatoms. The van der Waals surface area contributed by atoms with E-state index in [0.717, 1.165) is 0 Å². The largest absolute Gasteiger partial charge is 0.313 e. The lowest BCUT2D eigenvalue weighted by Crippen LogP contribution is -2.31. The first kappa shape index (κ1) is 15.8. The van der Waals surface area contributed by atoms with Crippen LogP contribution in [-0.2, 0) is 10.0 Å². The Morgan fingerprint density at radius 2 is 1.84 bits per heavy atom. The molecule has 0 saturated carbocycles. The molecular weight excluding hydrogens is 281 g/mol. The van der Waals surface area contributed by atoms with Crippen LogP contribution in [0.1, 0.15) is 13.8 Å². The SMILES string of the molecule is CC(C)NCCS(=O)(=O)Nc1cc(F)cc(F)c1F. The molecule has 0 aliphatic heterocycles. The van der Waals surface area contributed by atoms with E-state index in [1.54, 1.807) is 0 Å². The molecule has 4 nitrogen and oxygen atoms in total. The Hall–Kier alpha value is -1.28. The lowest BCUT2D eigenvalue weighted by atomic mass is 10.3. The van der Waals surface area contributed by atoms with Gasteiger partial charge in [0, 0.05) is 24.7 Å². The Morgan fingerprint density at radius 1 is 1.21 bits per heavy atom. The molecule has 19 heavy (non-hydrogen) atoms. The van der Waals surface area contributed by atoms with Gasteiger partial charge in [0.25, 0.3) is 0 Å². The highest BCUT2D eigenvalue weighted by Crippen LogP contribution is 2.20. The Kier molecular flexibility index (Phi) is 5.19. The van der Waals surface area contributed by atoms with Crippen molar-refractivity contribution >= 4 is 15.7 Å². The molecule has 0 saturated heterocycles. The van der Waals surface area contributed by atoms with Crippen molar-refractivity contribution in [3.63, 3.8) is 0 Å². The number of hydrogen-bond acceptors (Lipinski definition) is 3. The summed E-state index contributed by atoms with van der Waals surface area (Å²) in [7, 11) is -3.87. The molecule has 0 unspecified atom stereocenters. The predicted octanol–water partition coefficient (Wildman–Crippen LogP) is 1.84. The summed E-state index contributed by atoms with van der Waals surface area (Å²) in [4.78, 5) is 0. The summed E-state index contributed by atoms with van der Waals surface area (Å²) < 4.78 is 64.1. The molecule has 1 rings (SSSR count). The third-order valence-electron chi connectivity index (χ3n) is 2.18. The molecule has 0 fully saturated rings. The average Bonchev–Trinajstić information content (AvgIpc) is 2.23. The zero-order chi connectivity index (χ0) is 14.6. The van der Waals surface area contributed by atoms with Crippen molar-refractivity contribution in [2.45, 2.75) is 19.9 Å². The zero-order valence-corrected chi connectivity index (χ0v) is 11.3. The normalized spacial score (nSPS) is 11.9. The Balaban J connectivity index is 2.78. The van der Waals surface area contributed by atoms with Crippen LogP contribution >= 0.6 is 0 Å². The quantitative estimate of drug-likeness (QED) is 0.788. The summed E-state index contributed by atoms with van der Waals surface area (Å²) in [6, 6.07) is 1.03. The van der Waals surface area contributed by atoms with Gasteiger partial charge in [0.05, 0.1) is 11.4 Å². The minimum absolute atomic E-state index is 0.0959. The van der Waals surface area contributed by atoms with E-state index in [-0.39, 0.29) is 18.3 Å². The average molecular weight is 296 g/mol. The third kappa shape index (κ3) is 5.07. The van der Waals surface area contributed by atoms with Crippen LogP contribution in [0.4, 0.5) is 18.9 Å². The van der Waals surface area contributed by atoms with Crippen molar-refractivity contribution in [1.29, 1.82) is 0 Å². The maximum absolute atomic E-state index is 13.3. The fourth-order valence-electron chi connectivity index (χ4n) is 1.33. The van der Waals surface area contributed by atoms with Gasteiger partial charge in [0.1, 0.15) is 5.82 Å². The van der Waals surface area contributed by atoms with Crippen LogP contribution in [0.5, 0.6) is 0 Å². The Bertz CT molecular complexity index is 547. The molecule has 0 heterocycles. The zero-order valence-electron chi connectivity index (χ0n) is 10.5. The molecule has 1 aromatic rings. The molecule has 0 radical (unpaired) electrons. The number of anilines is 1. The molecule has 0 bridgehead atoms. The van der Waals surface area contributed by atoms with Crippen molar-refractivity contribution in [2.24, 2.45) is 0 Å². The van der Waals surface area contributed by atoms with Crippen LogP contribution in [0, 0.1) is 17.5 Å². The van der Waals surface area contributed by atoms with Gasteiger partial charge in [0.2, 0.25) is 10.0 Å². The van der Waals surface area contributed by atoms with Crippen molar-refractivity contribution < 1.29 is 21.6 Å². The van der Waals surface area contributed by atoms with Gasteiger partial charge in [-0.1, -0.05) is 13.8 Å². The molecule has 0 aliphatic rings. The molecule has 0 aromatic heterocycles. The third-order valence-corrected chi connectivity index (χ3v) is 3.45. The minimum atomic E-state index is -3.87. The van der Waals surface area contributed by atoms with E-state index >= 15 is 0 Å². The molecule has 108 valence electrons. The van der Waals surface area contributed by atoms with Crippen LogP contribution in [0.25, 0.3) is 0 Å². The van der Waals surface area contributed by atoms with E-state index in [2.05, 4.69) is 5.32 Å². The monoisotopic (exact) mass is 296 g/mol. The van der Waals surface area contributed by atoms with Crippen LogP contribution in [0.3, 0.4) is 0 Å². The number of benzene rings is 1. The first-order valence-electron chi connectivity index (χ1n) is 5.59. The maximum atomic E-state index is 13.3. The molecular formula is C11H15F3N2O2S. The van der Waals surface area contributed by atoms with E-state index in [1.807, 2.05) is 18.6 Å². The molecule has 0 spiro atoms. The van der Waals surface area contributed by atoms with Crippen LogP contribution in [-0.4, -0.2) is 26.8 Å². The molecule has 0 amide bonds. The van der Waals surface area contributed by atoms with E-state index in [9.17, 15) is 21.6 Å². The summed E-state index contributed by atoms with van der Waals surface area (Å²) in [5.41, 5.74) is -0.734. The predicted molar refractivity (Wildman–Crippen MR) is 66.9 cm³/mol. The number of hydrogen-bond donors (Lipinski definition) is 2. The van der Waals surface area contributed by atoms with Gasteiger partial charge in [-0.05, 0) is 0 Å². The standard InChI is InChI=1S/C11H15F3N2O2S/c1-7(2)15-3-4-19(17,18)16-10-6-8(12)5-9(13)11(10)14/h5-7,15-16H,3-4H2,1-2H3. The minimum Gasteiger partial charge on any atom is -0.313 e. The Morgan fingerprint density at radius 3 is 2.42 bits per heavy atom. The van der Waals surface area contributed by atoms with Gasteiger partial charge in [-0.3, -0.25) is 4.72 Å². The summed E-state index contributed by atoms with van der Waals surface area (Å²) in [5.74, 6) is -4.26. The fraction of sp³-hybridized carbons (Fsp3) is 0.455. The number of rotatable bonds is 6. The second kappa shape index (κ2) is 6.25. The number of sulfonamides is 1. The summed E-state index contributed by atoms with van der Waals surface area (Å²) >= 11 is 0. The summed E-state index contributed by atoms with van der Waals surface area (Å²) in [6.45, 7) is 3.82. The topological polar surface area (TPSA) is 58.2 Å². The summed E-state index contributed by atoms with van der Waals surface area (Å²) in [5, 5.41) is 2.86. The molecule has 2 N–H and O–H groups in total. The van der Waals surface area contributed by atoms with E-state index in [0.29, 0.717) is 12.1 Å². The highest BCUT2D eigenvalue weighted by molar-refractivity contribution is 7.92. The van der Waals surface area contributed by atoms with Gasteiger partial charge in [-0.2, -0.15) is 0 Å². The van der Waals surface area contributed by atoms with Crippen LogP contribution in [0.15, 0.2) is 12.1 Å². The van der Waals surface area contributed by atoms with Gasteiger partial charge < -0.3 is 5.32 Å². The van der Waals surface area contributed by atoms with Gasteiger partial charge in [-0.25, -0.2) is 21.6 Å². The van der Waals surface area contributed by atoms with Gasteiger partial charge in [0.15, 0.2) is 11.6 Å². The van der Waals surface area contributed by atoms with Gasteiger partial charge in [-0.15, -0.1) is 0 Å². The number of halogens is 3. The lowest BCUT2D eigenvalue weighted by Gasteiger charge is -2.11. The second-order valence-corrected chi connectivity index (χ2v) is 6.12. The second-order valence-electron chi connectivity index (χ2n) is 4.28. The molecule has 0 aliphatic carbocycles. The van der Waals surface area contributed by atoms with Crippen molar-refractivity contribution in [2.75, 3.05) is 17.0 Å². The van der Waals surface area contributed by atoms with Crippen molar-refractivity contribution in [1.82, 2.24) is 5.32 Å². The Labute approximate surface area is 110 Å². The van der Waals surface area contributed by atoms with Gasteiger partial charge >= 0.3 is 0 Å². The highest BCUT2D eigenvalue weighted by Gasteiger charge is 2.17. The molecule has 1 aromatic carbocycles. The fourth-order valence-corrected chi connectivity index (χ4v) is 2.30. The smallest absolute Gasteiger partial charge is 0.234 e. The van der Waals surface area contributed by atoms with Crippen LogP contribution in [0.2, 0.25) is 0 Å². The first-order chi connectivity index (χ1) is 8.71. The molecule has 0 atom stereocenters. The highest BCUT2D eigenvalue weighted by atomic mass is 32.2. The van der Waals surface area contributed by atoms with E-state index in [1.165, 1.54) is 0 Å². The van der Waals surface area contributed by atoms with Crippen LogP contribution < -0.4 is 10.0 Å². The van der Waals surface area contributed by atoms with E-state index < -0.39 is 33.2 Å². The first-order valence-corrected chi connectivity index (χ1v) is 7.25. The van der Waals surface area contributed by atoms with E-state index in [4.69, 9.17) is 0 Å². The van der Waals surface area contributed by atoms with Crippen molar-refractivity contribution in [3.05, 3.63) is 29.6 Å². The lowest BCUT2D eigenvalue weighted by molar-refractivity contribution is 0.498.